The summed E-state index contributed by atoms with van der Waals surface area (Å²) in [5.41, 5.74) is 2.23. The van der Waals surface area contributed by atoms with Crippen molar-refractivity contribution in [3.05, 3.63) is 29.3 Å². The molecular formula is C17H26F3N2OY+. The molecule has 0 unspecified atom stereocenters. The molecule has 0 spiro atoms. The van der Waals surface area contributed by atoms with Crippen molar-refractivity contribution in [1.29, 1.82) is 0 Å². The summed E-state index contributed by atoms with van der Waals surface area (Å²) in [6.45, 7) is 7.07. The molecule has 1 heterocycles. The summed E-state index contributed by atoms with van der Waals surface area (Å²) in [6, 6.07) is 6.05. The summed E-state index contributed by atoms with van der Waals surface area (Å²) in [5.74, 6) is 0.926. The summed E-state index contributed by atoms with van der Waals surface area (Å²) in [5, 5.41) is 0. The number of quaternary nitrogens is 1. The molecule has 1 fully saturated rings. The molecule has 0 aromatic heterocycles. The van der Waals surface area contributed by atoms with E-state index in [1.165, 1.54) is 4.90 Å². The number of hydrogen-bond donors (Lipinski definition) is 0. The summed E-state index contributed by atoms with van der Waals surface area (Å²) in [6.07, 6.45) is -4.10. The molecule has 0 N–H and O–H groups in total. The van der Waals surface area contributed by atoms with E-state index in [-0.39, 0.29) is 32.7 Å². The van der Waals surface area contributed by atoms with Crippen LogP contribution in [0.4, 0.5) is 13.2 Å². The molecule has 0 bridgehead atoms. The number of nitrogens with zero attached hydrogens (tertiary/aromatic N) is 2. The van der Waals surface area contributed by atoms with Crippen LogP contribution in [0.1, 0.15) is 11.1 Å². The van der Waals surface area contributed by atoms with E-state index >= 15 is 0 Å². The topological polar surface area (TPSA) is 12.5 Å². The second-order valence-corrected chi connectivity index (χ2v) is 6.75. The first-order chi connectivity index (χ1) is 10.7. The van der Waals surface area contributed by atoms with E-state index in [0.29, 0.717) is 19.7 Å². The maximum atomic E-state index is 12.4. The maximum absolute atomic E-state index is 12.4. The van der Waals surface area contributed by atoms with Gasteiger partial charge in [0.15, 0.2) is 0 Å². The van der Waals surface area contributed by atoms with Crippen LogP contribution in [0.15, 0.2) is 18.2 Å². The van der Waals surface area contributed by atoms with E-state index in [4.69, 9.17) is 4.74 Å². The molecule has 7 heteroatoms. The zero-order chi connectivity index (χ0) is 17.1. The van der Waals surface area contributed by atoms with Gasteiger partial charge in [0.25, 0.3) is 0 Å². The van der Waals surface area contributed by atoms with E-state index in [1.807, 2.05) is 32.0 Å². The van der Waals surface area contributed by atoms with Gasteiger partial charge in [-0.2, -0.15) is 13.2 Å². The summed E-state index contributed by atoms with van der Waals surface area (Å²) >= 11 is 0. The first-order valence-corrected chi connectivity index (χ1v) is 8.00. The van der Waals surface area contributed by atoms with E-state index in [9.17, 15) is 13.2 Å². The maximum Gasteiger partial charge on any atom is 0.401 e. The Morgan fingerprint density at radius 2 is 1.67 bits per heavy atom. The van der Waals surface area contributed by atoms with Gasteiger partial charge in [-0.3, -0.25) is 4.90 Å². The van der Waals surface area contributed by atoms with Gasteiger partial charge < -0.3 is 9.22 Å². The fraction of sp³-hybridized carbons (Fsp3) is 0.647. The van der Waals surface area contributed by atoms with Crippen molar-refractivity contribution in [2.75, 3.05) is 52.9 Å². The van der Waals surface area contributed by atoms with Gasteiger partial charge in [-0.25, -0.2) is 0 Å². The first kappa shape index (κ1) is 21.9. The number of piperazine rings is 1. The molecule has 0 atom stereocenters. The smallest absolute Gasteiger partial charge is 0.401 e. The second-order valence-electron chi connectivity index (χ2n) is 6.75. The Morgan fingerprint density at radius 3 is 2.17 bits per heavy atom. The van der Waals surface area contributed by atoms with Crippen molar-refractivity contribution in [1.82, 2.24) is 4.90 Å². The van der Waals surface area contributed by atoms with Crippen LogP contribution >= 0.6 is 0 Å². The first-order valence-electron chi connectivity index (χ1n) is 8.00. The number of aryl methyl sites for hydroxylation is 2. The standard InChI is InChI=1S/C17H26F3N2O.Y/c1-14-5-4-6-15(2)16(14)23-12-11-22(3)9-7-21(8-10-22)13-17(18,19)20;/h4-6H,7-13H2,1-3H3;/q+1;. The van der Waals surface area contributed by atoms with E-state index in [0.717, 1.165) is 41.0 Å². The number of halogens is 3. The SMILES string of the molecule is Cc1cccc(C)c1OCC[N+]1(C)CCN(CC(F)(F)F)CC1.[Y]. The molecule has 1 aromatic carbocycles. The number of para-hydroxylation sites is 1. The molecule has 0 amide bonds. The van der Waals surface area contributed by atoms with Crippen LogP contribution in [0.3, 0.4) is 0 Å². The van der Waals surface area contributed by atoms with E-state index in [1.54, 1.807) is 0 Å². The van der Waals surface area contributed by atoms with Crippen LogP contribution in [0, 0.1) is 13.8 Å². The summed E-state index contributed by atoms with van der Waals surface area (Å²) in [7, 11) is 2.10. The molecule has 24 heavy (non-hydrogen) atoms. The predicted molar refractivity (Wildman–Crippen MR) is 84.7 cm³/mol. The average Bonchev–Trinajstić information content (AvgIpc) is 2.44. The van der Waals surface area contributed by atoms with Crippen LogP contribution in [0.5, 0.6) is 5.75 Å². The molecule has 1 radical (unpaired) electrons. The normalized spacial score (nSPS) is 18.1. The van der Waals surface area contributed by atoms with Gasteiger partial charge in [0.05, 0.1) is 26.7 Å². The zero-order valence-electron chi connectivity index (χ0n) is 14.7. The van der Waals surface area contributed by atoms with Crippen LogP contribution in [0.25, 0.3) is 0 Å². The van der Waals surface area contributed by atoms with E-state index in [2.05, 4.69) is 7.05 Å². The van der Waals surface area contributed by atoms with Gasteiger partial charge in [0, 0.05) is 45.8 Å². The van der Waals surface area contributed by atoms with Gasteiger partial charge in [-0.15, -0.1) is 0 Å². The van der Waals surface area contributed by atoms with Gasteiger partial charge in [-0.05, 0) is 25.0 Å². The fourth-order valence-corrected chi connectivity index (χ4v) is 3.02. The number of rotatable bonds is 5. The van der Waals surface area contributed by atoms with Crippen molar-refractivity contribution in [2.24, 2.45) is 0 Å². The Morgan fingerprint density at radius 1 is 1.12 bits per heavy atom. The van der Waals surface area contributed by atoms with Crippen LogP contribution in [0.2, 0.25) is 0 Å². The molecule has 1 aliphatic heterocycles. The van der Waals surface area contributed by atoms with Crippen molar-refractivity contribution in [2.45, 2.75) is 20.0 Å². The molecule has 0 aliphatic carbocycles. The zero-order valence-corrected chi connectivity index (χ0v) is 17.5. The Labute approximate surface area is 167 Å². The Balaban J connectivity index is 0.00000288. The molecule has 1 saturated heterocycles. The summed E-state index contributed by atoms with van der Waals surface area (Å²) in [4.78, 5) is 1.49. The minimum Gasteiger partial charge on any atom is -0.487 e. The third-order valence-electron chi connectivity index (χ3n) is 4.60. The molecule has 3 nitrogen and oxygen atoms in total. The van der Waals surface area contributed by atoms with Crippen molar-refractivity contribution >= 4 is 0 Å². The Bertz CT molecular complexity index is 509. The number of alkyl halides is 3. The van der Waals surface area contributed by atoms with Gasteiger partial charge >= 0.3 is 6.18 Å². The molecule has 1 aliphatic rings. The Hall–Kier alpha value is -0.166. The average molecular weight is 420 g/mol. The van der Waals surface area contributed by atoms with Crippen molar-refractivity contribution < 1.29 is 55.1 Å². The van der Waals surface area contributed by atoms with Crippen LogP contribution in [-0.4, -0.2) is 68.5 Å². The number of ether oxygens (including phenoxy) is 1. The molecular weight excluding hydrogens is 394 g/mol. The Kier molecular flexibility index (Phi) is 8.18. The quantitative estimate of drug-likeness (QED) is 0.680. The van der Waals surface area contributed by atoms with E-state index < -0.39 is 12.7 Å². The molecule has 2 rings (SSSR count). The summed E-state index contributed by atoms with van der Waals surface area (Å²) < 4.78 is 44.0. The van der Waals surface area contributed by atoms with Crippen molar-refractivity contribution in [3.8, 4) is 5.75 Å². The molecule has 133 valence electrons. The van der Waals surface area contributed by atoms with Gasteiger partial charge in [0.1, 0.15) is 18.9 Å². The molecule has 0 saturated carbocycles. The predicted octanol–water partition coefficient (Wildman–Crippen LogP) is 3.00. The third-order valence-corrected chi connectivity index (χ3v) is 4.60. The fourth-order valence-electron chi connectivity index (χ4n) is 3.02. The van der Waals surface area contributed by atoms with Crippen LogP contribution in [-0.2, 0) is 32.7 Å². The largest absolute Gasteiger partial charge is 0.487 e. The minimum atomic E-state index is -4.10. The minimum absolute atomic E-state index is 0. The third kappa shape index (κ3) is 6.62. The number of likely N-dealkylation sites (N-methyl/N-ethyl adjacent to an activating group) is 1. The molecule has 1 aromatic rings. The van der Waals surface area contributed by atoms with Crippen LogP contribution < -0.4 is 4.74 Å². The van der Waals surface area contributed by atoms with Gasteiger partial charge in [0.2, 0.25) is 0 Å². The number of benzene rings is 1. The number of hydrogen-bond acceptors (Lipinski definition) is 2. The van der Waals surface area contributed by atoms with Gasteiger partial charge in [-0.1, -0.05) is 18.2 Å². The second kappa shape index (κ2) is 8.97. The van der Waals surface area contributed by atoms with Crippen molar-refractivity contribution in [3.63, 3.8) is 0 Å². The monoisotopic (exact) mass is 420 g/mol.